The maximum atomic E-state index is 12.9. The highest BCUT2D eigenvalue weighted by Gasteiger charge is 2.26. The number of carbonyl (C=O) groups is 1. The number of halogens is 2. The number of morpholine rings is 1. The van der Waals surface area contributed by atoms with Crippen molar-refractivity contribution in [3.8, 4) is 0 Å². The standard InChI is InChI=1S/C14H18FNO3.ClH/c1-10-8-16(7-6-14(17)18)9-13(19-10)11-2-4-12(15)5-3-11;/h2-5,10,13H,6-9H2,1H3,(H,17,18);1H. The second kappa shape index (κ2) is 7.57. The molecule has 1 aliphatic heterocycles. The Morgan fingerprint density at radius 2 is 2.05 bits per heavy atom. The molecular weight excluding hydrogens is 285 g/mol. The van der Waals surface area contributed by atoms with E-state index < -0.39 is 5.97 Å². The van der Waals surface area contributed by atoms with Gasteiger partial charge in [0.25, 0.3) is 0 Å². The van der Waals surface area contributed by atoms with Crippen molar-refractivity contribution in [3.05, 3.63) is 35.6 Å². The molecule has 2 unspecified atom stereocenters. The quantitative estimate of drug-likeness (QED) is 0.928. The topological polar surface area (TPSA) is 49.8 Å². The Kier molecular flexibility index (Phi) is 6.39. The first-order valence-corrected chi connectivity index (χ1v) is 6.39. The van der Waals surface area contributed by atoms with Crippen molar-refractivity contribution < 1.29 is 19.0 Å². The molecule has 1 N–H and O–H groups in total. The third-order valence-corrected chi connectivity index (χ3v) is 3.22. The molecule has 0 spiro atoms. The molecule has 2 rings (SSSR count). The van der Waals surface area contributed by atoms with Gasteiger partial charge in [-0.3, -0.25) is 9.69 Å². The number of aliphatic carboxylic acids is 1. The van der Waals surface area contributed by atoms with Crippen molar-refractivity contribution in [3.63, 3.8) is 0 Å². The van der Waals surface area contributed by atoms with E-state index >= 15 is 0 Å². The van der Waals surface area contributed by atoms with Crippen LogP contribution in [0.25, 0.3) is 0 Å². The second-order valence-corrected chi connectivity index (χ2v) is 4.89. The fraction of sp³-hybridized carbons (Fsp3) is 0.500. The Balaban J connectivity index is 0.00000200. The maximum Gasteiger partial charge on any atom is 0.304 e. The largest absolute Gasteiger partial charge is 0.481 e. The number of rotatable bonds is 4. The van der Waals surface area contributed by atoms with Crippen LogP contribution in [0, 0.1) is 5.82 Å². The third kappa shape index (κ3) is 4.74. The summed E-state index contributed by atoms with van der Waals surface area (Å²) in [7, 11) is 0. The monoisotopic (exact) mass is 303 g/mol. The minimum absolute atomic E-state index is 0. The summed E-state index contributed by atoms with van der Waals surface area (Å²) in [4.78, 5) is 12.7. The summed E-state index contributed by atoms with van der Waals surface area (Å²) in [6.07, 6.45) is 0.0406. The smallest absolute Gasteiger partial charge is 0.304 e. The fourth-order valence-electron chi connectivity index (χ4n) is 2.34. The molecule has 0 aliphatic carbocycles. The van der Waals surface area contributed by atoms with Crippen LogP contribution in [0.4, 0.5) is 4.39 Å². The SMILES string of the molecule is CC1CN(CCC(=O)O)CC(c2ccc(F)cc2)O1.Cl. The van der Waals surface area contributed by atoms with E-state index in [0.29, 0.717) is 13.1 Å². The van der Waals surface area contributed by atoms with Crippen LogP contribution in [-0.2, 0) is 9.53 Å². The number of benzene rings is 1. The number of hydrogen-bond acceptors (Lipinski definition) is 3. The lowest BCUT2D eigenvalue weighted by Crippen LogP contribution is -2.43. The van der Waals surface area contributed by atoms with E-state index in [1.807, 2.05) is 6.92 Å². The third-order valence-electron chi connectivity index (χ3n) is 3.22. The Labute approximate surface area is 123 Å². The number of carboxylic acid groups (broad SMARTS) is 1. The van der Waals surface area contributed by atoms with E-state index in [2.05, 4.69) is 4.90 Å². The van der Waals surface area contributed by atoms with Gasteiger partial charge in [-0.05, 0) is 24.6 Å². The average Bonchev–Trinajstić information content (AvgIpc) is 2.36. The highest BCUT2D eigenvalue weighted by molar-refractivity contribution is 5.85. The van der Waals surface area contributed by atoms with Gasteiger partial charge >= 0.3 is 5.97 Å². The molecule has 112 valence electrons. The van der Waals surface area contributed by atoms with E-state index in [4.69, 9.17) is 9.84 Å². The van der Waals surface area contributed by atoms with Crippen molar-refractivity contribution in [2.24, 2.45) is 0 Å². The number of carboxylic acids is 1. The van der Waals surface area contributed by atoms with E-state index in [-0.39, 0.29) is 36.9 Å². The molecule has 1 aliphatic rings. The average molecular weight is 304 g/mol. The van der Waals surface area contributed by atoms with Gasteiger partial charge in [-0.1, -0.05) is 12.1 Å². The lowest BCUT2D eigenvalue weighted by molar-refractivity contribution is -0.138. The lowest BCUT2D eigenvalue weighted by atomic mass is 10.1. The summed E-state index contributed by atoms with van der Waals surface area (Å²) in [5, 5.41) is 8.72. The zero-order chi connectivity index (χ0) is 13.8. The molecule has 1 aromatic rings. The Bertz CT molecular complexity index is 441. The number of ether oxygens (including phenoxy) is 1. The van der Waals surface area contributed by atoms with Gasteiger partial charge in [-0.15, -0.1) is 12.4 Å². The molecule has 0 radical (unpaired) electrons. The summed E-state index contributed by atoms with van der Waals surface area (Å²) in [5.41, 5.74) is 0.924. The Morgan fingerprint density at radius 1 is 1.40 bits per heavy atom. The predicted molar refractivity (Wildman–Crippen MR) is 75.6 cm³/mol. The molecule has 4 nitrogen and oxygen atoms in total. The van der Waals surface area contributed by atoms with E-state index in [0.717, 1.165) is 12.1 Å². The van der Waals surface area contributed by atoms with Crippen LogP contribution in [0.2, 0.25) is 0 Å². The highest BCUT2D eigenvalue weighted by Crippen LogP contribution is 2.25. The van der Waals surface area contributed by atoms with Crippen LogP contribution < -0.4 is 0 Å². The van der Waals surface area contributed by atoms with Gasteiger partial charge in [0.2, 0.25) is 0 Å². The summed E-state index contributed by atoms with van der Waals surface area (Å²) in [6, 6.07) is 6.26. The summed E-state index contributed by atoms with van der Waals surface area (Å²) in [6.45, 7) is 3.85. The zero-order valence-electron chi connectivity index (χ0n) is 11.3. The summed E-state index contributed by atoms with van der Waals surface area (Å²) >= 11 is 0. The van der Waals surface area contributed by atoms with Gasteiger partial charge < -0.3 is 9.84 Å². The van der Waals surface area contributed by atoms with Gasteiger partial charge in [-0.25, -0.2) is 4.39 Å². The molecule has 1 saturated heterocycles. The van der Waals surface area contributed by atoms with Crippen LogP contribution in [0.5, 0.6) is 0 Å². The molecule has 6 heteroatoms. The Morgan fingerprint density at radius 3 is 2.65 bits per heavy atom. The minimum Gasteiger partial charge on any atom is -0.481 e. The zero-order valence-corrected chi connectivity index (χ0v) is 12.1. The summed E-state index contributed by atoms with van der Waals surface area (Å²) < 4.78 is 18.7. The highest BCUT2D eigenvalue weighted by atomic mass is 35.5. The van der Waals surface area contributed by atoms with Crippen LogP contribution in [-0.4, -0.2) is 41.7 Å². The van der Waals surface area contributed by atoms with E-state index in [1.54, 1.807) is 12.1 Å². The number of nitrogens with zero attached hydrogens (tertiary/aromatic N) is 1. The summed E-state index contributed by atoms with van der Waals surface area (Å²) in [5.74, 6) is -1.06. The molecule has 20 heavy (non-hydrogen) atoms. The molecule has 1 fully saturated rings. The van der Waals surface area contributed by atoms with Crippen molar-refractivity contribution in [2.45, 2.75) is 25.6 Å². The van der Waals surface area contributed by atoms with Crippen LogP contribution >= 0.6 is 12.4 Å². The molecular formula is C14H19ClFNO3. The van der Waals surface area contributed by atoms with Crippen LogP contribution in [0.15, 0.2) is 24.3 Å². The molecule has 1 heterocycles. The maximum absolute atomic E-state index is 12.9. The van der Waals surface area contributed by atoms with E-state index in [9.17, 15) is 9.18 Å². The van der Waals surface area contributed by atoms with Crippen molar-refractivity contribution in [1.82, 2.24) is 4.90 Å². The van der Waals surface area contributed by atoms with Gasteiger partial charge in [0.1, 0.15) is 5.82 Å². The fourth-order valence-corrected chi connectivity index (χ4v) is 2.34. The van der Waals surface area contributed by atoms with Gasteiger partial charge in [0, 0.05) is 19.6 Å². The lowest BCUT2D eigenvalue weighted by Gasteiger charge is -2.36. The second-order valence-electron chi connectivity index (χ2n) is 4.89. The number of hydrogen-bond donors (Lipinski definition) is 1. The molecule has 0 aromatic heterocycles. The minimum atomic E-state index is -0.794. The molecule has 2 atom stereocenters. The van der Waals surface area contributed by atoms with Gasteiger partial charge in [-0.2, -0.15) is 0 Å². The van der Waals surface area contributed by atoms with Crippen LogP contribution in [0.3, 0.4) is 0 Å². The molecule has 0 amide bonds. The molecule has 0 saturated carbocycles. The van der Waals surface area contributed by atoms with Gasteiger partial charge in [0.05, 0.1) is 18.6 Å². The predicted octanol–water partition coefficient (Wildman–Crippen LogP) is 2.48. The van der Waals surface area contributed by atoms with Crippen molar-refractivity contribution in [1.29, 1.82) is 0 Å². The van der Waals surface area contributed by atoms with Crippen molar-refractivity contribution in [2.75, 3.05) is 19.6 Å². The normalized spacial score (nSPS) is 23.1. The first-order chi connectivity index (χ1) is 9.04. The van der Waals surface area contributed by atoms with E-state index in [1.165, 1.54) is 12.1 Å². The molecule has 1 aromatic carbocycles. The van der Waals surface area contributed by atoms with Crippen LogP contribution in [0.1, 0.15) is 25.0 Å². The van der Waals surface area contributed by atoms with Gasteiger partial charge in [0.15, 0.2) is 0 Å². The van der Waals surface area contributed by atoms with Crippen molar-refractivity contribution >= 4 is 18.4 Å². The Hall–Kier alpha value is -1.17. The molecule has 0 bridgehead atoms. The first kappa shape index (κ1) is 16.9. The first-order valence-electron chi connectivity index (χ1n) is 6.39.